The van der Waals surface area contributed by atoms with E-state index in [1.54, 1.807) is 0 Å². The predicted molar refractivity (Wildman–Crippen MR) is 75.0 cm³/mol. The molecule has 4 N–H and O–H groups in total. The Labute approximate surface area is 113 Å². The molecule has 1 saturated heterocycles. The van der Waals surface area contributed by atoms with Gasteiger partial charge >= 0.3 is 5.97 Å². The lowest BCUT2D eigenvalue weighted by Crippen LogP contribution is -2.30. The molecule has 1 aromatic rings. The maximum atomic E-state index is 10.6. The van der Waals surface area contributed by atoms with Crippen LogP contribution in [0.15, 0.2) is 24.3 Å². The van der Waals surface area contributed by atoms with Crippen molar-refractivity contribution in [2.24, 2.45) is 5.92 Å². The highest BCUT2D eigenvalue weighted by atomic mass is 16.4. The van der Waals surface area contributed by atoms with E-state index in [1.165, 1.54) is 0 Å². The summed E-state index contributed by atoms with van der Waals surface area (Å²) in [6, 6.07) is 8.44. The van der Waals surface area contributed by atoms with Crippen LogP contribution in [0.5, 0.6) is 0 Å². The summed E-state index contributed by atoms with van der Waals surface area (Å²) in [6.07, 6.45) is 0.755. The molecule has 2 unspecified atom stereocenters. The van der Waals surface area contributed by atoms with Gasteiger partial charge in [0.25, 0.3) is 0 Å². The second-order valence-electron chi connectivity index (χ2n) is 5.05. The Morgan fingerprint density at radius 2 is 2.37 bits per heavy atom. The fraction of sp³-hybridized carbons (Fsp3) is 0.500. The number of hydrogen-bond donors (Lipinski definition) is 4. The number of carboxylic acid groups (broad SMARTS) is 1. The summed E-state index contributed by atoms with van der Waals surface area (Å²) in [7, 11) is 0. The van der Waals surface area contributed by atoms with Gasteiger partial charge in [-0.3, -0.25) is 15.6 Å². The minimum Gasteiger partial charge on any atom is -0.481 e. The van der Waals surface area contributed by atoms with Crippen LogP contribution in [-0.4, -0.2) is 30.2 Å². The molecule has 5 nitrogen and oxygen atoms in total. The van der Waals surface area contributed by atoms with Crippen LogP contribution in [0.4, 0.5) is 5.69 Å². The van der Waals surface area contributed by atoms with E-state index in [0.717, 1.165) is 24.3 Å². The molecule has 104 valence electrons. The van der Waals surface area contributed by atoms with E-state index in [9.17, 15) is 4.79 Å². The van der Waals surface area contributed by atoms with Gasteiger partial charge in [-0.05, 0) is 31.0 Å². The van der Waals surface area contributed by atoms with Crippen LogP contribution in [0.25, 0.3) is 0 Å². The van der Waals surface area contributed by atoms with Crippen molar-refractivity contribution in [1.82, 2.24) is 10.9 Å². The topological polar surface area (TPSA) is 73.4 Å². The molecular formula is C14H21N3O2. The summed E-state index contributed by atoms with van der Waals surface area (Å²) in [6.45, 7) is 4.03. The van der Waals surface area contributed by atoms with Crippen molar-refractivity contribution in [3.05, 3.63) is 29.8 Å². The van der Waals surface area contributed by atoms with E-state index >= 15 is 0 Å². The van der Waals surface area contributed by atoms with Crippen LogP contribution in [-0.2, 0) is 11.2 Å². The van der Waals surface area contributed by atoms with E-state index in [-0.39, 0.29) is 6.42 Å². The zero-order valence-corrected chi connectivity index (χ0v) is 11.1. The van der Waals surface area contributed by atoms with E-state index in [4.69, 9.17) is 5.11 Å². The van der Waals surface area contributed by atoms with Crippen LogP contribution in [0, 0.1) is 5.92 Å². The Kier molecular flexibility index (Phi) is 4.76. The molecule has 0 amide bonds. The summed E-state index contributed by atoms with van der Waals surface area (Å²) in [5.74, 6) is -0.196. The number of rotatable bonds is 6. The lowest BCUT2D eigenvalue weighted by molar-refractivity contribution is -0.136. The largest absolute Gasteiger partial charge is 0.481 e. The lowest BCUT2D eigenvalue weighted by atomic mass is 10.0. The maximum absolute atomic E-state index is 10.6. The molecule has 1 fully saturated rings. The fourth-order valence-electron chi connectivity index (χ4n) is 2.23. The van der Waals surface area contributed by atoms with Crippen molar-refractivity contribution < 1.29 is 9.90 Å². The molecule has 5 heteroatoms. The van der Waals surface area contributed by atoms with Gasteiger partial charge in [0.05, 0.1) is 0 Å². The Morgan fingerprint density at radius 3 is 3.05 bits per heavy atom. The van der Waals surface area contributed by atoms with Gasteiger partial charge in [0, 0.05) is 37.2 Å². The van der Waals surface area contributed by atoms with Crippen LogP contribution in [0.2, 0.25) is 0 Å². The second kappa shape index (κ2) is 6.54. The van der Waals surface area contributed by atoms with Crippen LogP contribution in [0.3, 0.4) is 0 Å². The molecule has 1 heterocycles. The molecule has 19 heavy (non-hydrogen) atoms. The Bertz CT molecular complexity index is 436. The number of aliphatic carboxylic acids is 1. The van der Waals surface area contributed by atoms with Gasteiger partial charge < -0.3 is 10.4 Å². The Morgan fingerprint density at radius 1 is 1.53 bits per heavy atom. The van der Waals surface area contributed by atoms with Gasteiger partial charge in [-0.15, -0.1) is 0 Å². The highest BCUT2D eigenvalue weighted by molar-refractivity contribution is 5.67. The quantitative estimate of drug-likeness (QED) is 0.621. The molecule has 2 rings (SSSR count). The lowest BCUT2D eigenvalue weighted by Gasteiger charge is -2.15. The normalized spacial score (nSPS) is 22.4. The van der Waals surface area contributed by atoms with Crippen LogP contribution < -0.4 is 16.2 Å². The smallest absolute Gasteiger partial charge is 0.303 e. The number of anilines is 1. The zero-order chi connectivity index (χ0) is 13.7. The summed E-state index contributed by atoms with van der Waals surface area (Å²) in [5.41, 5.74) is 8.46. The van der Waals surface area contributed by atoms with Crippen molar-refractivity contribution in [1.29, 1.82) is 0 Å². The number of hydrazine groups is 1. The van der Waals surface area contributed by atoms with Crippen LogP contribution in [0.1, 0.15) is 18.9 Å². The summed E-state index contributed by atoms with van der Waals surface area (Å²) in [5, 5.41) is 12.1. The maximum Gasteiger partial charge on any atom is 0.303 e. The Balaban J connectivity index is 1.86. The van der Waals surface area contributed by atoms with Crippen molar-refractivity contribution in [3.8, 4) is 0 Å². The first-order valence-electron chi connectivity index (χ1n) is 6.68. The zero-order valence-electron chi connectivity index (χ0n) is 11.1. The molecule has 0 aliphatic carbocycles. The average Bonchev–Trinajstić information content (AvgIpc) is 2.80. The number of nitrogens with one attached hydrogen (secondary N) is 3. The average molecular weight is 263 g/mol. The molecular weight excluding hydrogens is 242 g/mol. The van der Waals surface area contributed by atoms with Gasteiger partial charge in [0.15, 0.2) is 0 Å². The van der Waals surface area contributed by atoms with Gasteiger partial charge in [0.2, 0.25) is 0 Å². The second-order valence-corrected chi connectivity index (χ2v) is 5.05. The van der Waals surface area contributed by atoms with Gasteiger partial charge in [-0.1, -0.05) is 12.1 Å². The summed E-state index contributed by atoms with van der Waals surface area (Å²) >= 11 is 0. The van der Waals surface area contributed by atoms with E-state index in [1.807, 2.05) is 24.3 Å². The van der Waals surface area contributed by atoms with E-state index in [0.29, 0.717) is 18.4 Å². The van der Waals surface area contributed by atoms with E-state index in [2.05, 4.69) is 23.1 Å². The number of benzene rings is 1. The van der Waals surface area contributed by atoms with Crippen molar-refractivity contribution in [2.75, 3.05) is 18.4 Å². The number of carbonyl (C=O) groups is 1. The predicted octanol–water partition coefficient (Wildman–Crippen LogP) is 1.23. The third-order valence-corrected chi connectivity index (χ3v) is 3.52. The highest BCUT2D eigenvalue weighted by Gasteiger charge is 2.21. The fourth-order valence-corrected chi connectivity index (χ4v) is 2.23. The first-order chi connectivity index (χ1) is 9.15. The molecule has 1 aromatic carbocycles. The van der Waals surface area contributed by atoms with Gasteiger partial charge in [-0.2, -0.15) is 0 Å². The SMILES string of the molecule is CC1NNCC1CNc1cccc(CCC(=O)O)c1. The highest BCUT2D eigenvalue weighted by Crippen LogP contribution is 2.14. The molecule has 0 bridgehead atoms. The number of carboxylic acids is 1. The Hall–Kier alpha value is -1.59. The molecule has 0 spiro atoms. The summed E-state index contributed by atoms with van der Waals surface area (Å²) in [4.78, 5) is 10.6. The molecule has 0 saturated carbocycles. The van der Waals surface area contributed by atoms with Crippen molar-refractivity contribution in [3.63, 3.8) is 0 Å². The standard InChI is InChI=1S/C14H21N3O2/c1-10-12(9-16-17-10)8-15-13-4-2-3-11(7-13)5-6-14(18)19/h2-4,7,10,12,15-17H,5-6,8-9H2,1H3,(H,18,19). The van der Waals surface area contributed by atoms with E-state index < -0.39 is 5.97 Å². The number of aryl methyl sites for hydroxylation is 1. The van der Waals surface area contributed by atoms with Crippen molar-refractivity contribution >= 4 is 11.7 Å². The first kappa shape index (κ1) is 13.8. The molecule has 0 radical (unpaired) electrons. The van der Waals surface area contributed by atoms with Crippen LogP contribution >= 0.6 is 0 Å². The third kappa shape index (κ3) is 4.22. The molecule has 0 aromatic heterocycles. The molecule has 1 aliphatic heterocycles. The monoisotopic (exact) mass is 263 g/mol. The minimum absolute atomic E-state index is 0.178. The van der Waals surface area contributed by atoms with Crippen molar-refractivity contribution in [2.45, 2.75) is 25.8 Å². The minimum atomic E-state index is -0.754. The molecule has 2 atom stereocenters. The van der Waals surface area contributed by atoms with Gasteiger partial charge in [0.1, 0.15) is 0 Å². The molecule has 1 aliphatic rings. The summed E-state index contributed by atoms with van der Waals surface area (Å²) < 4.78 is 0. The number of hydrogen-bond acceptors (Lipinski definition) is 4. The first-order valence-corrected chi connectivity index (χ1v) is 6.68. The third-order valence-electron chi connectivity index (χ3n) is 3.52. The van der Waals surface area contributed by atoms with Gasteiger partial charge in [-0.25, -0.2) is 0 Å².